The molecule has 1 aromatic carbocycles. The number of carbonyl (C=O) groups is 1. The number of nitrogens with one attached hydrogen (secondary N) is 2. The van der Waals surface area contributed by atoms with Crippen molar-refractivity contribution in [3.05, 3.63) is 35.9 Å². The van der Waals surface area contributed by atoms with Crippen molar-refractivity contribution in [2.75, 3.05) is 33.2 Å². The maximum atomic E-state index is 11.9. The third kappa shape index (κ3) is 7.84. The van der Waals surface area contributed by atoms with Gasteiger partial charge in [-0.05, 0) is 44.5 Å². The molecule has 1 atom stereocenters. The fourth-order valence-corrected chi connectivity index (χ4v) is 3.01. The molecule has 1 saturated heterocycles. The zero-order chi connectivity index (χ0) is 15.8. The Kier molecular flexibility index (Phi) is 12.1. The van der Waals surface area contributed by atoms with Gasteiger partial charge in [-0.15, -0.1) is 24.8 Å². The van der Waals surface area contributed by atoms with Gasteiger partial charge in [-0.1, -0.05) is 37.3 Å². The lowest BCUT2D eigenvalue weighted by Gasteiger charge is -2.32. The van der Waals surface area contributed by atoms with Crippen LogP contribution >= 0.6 is 24.8 Å². The van der Waals surface area contributed by atoms with E-state index in [4.69, 9.17) is 0 Å². The molecule has 2 rings (SSSR count). The van der Waals surface area contributed by atoms with Gasteiger partial charge >= 0.3 is 0 Å². The quantitative estimate of drug-likeness (QED) is 0.769. The molecule has 138 valence electrons. The summed E-state index contributed by atoms with van der Waals surface area (Å²) in [6.45, 7) is 6.82. The lowest BCUT2D eigenvalue weighted by atomic mass is 9.96. The number of amides is 1. The molecule has 6 heteroatoms. The molecule has 1 fully saturated rings. The highest BCUT2D eigenvalue weighted by Gasteiger charge is 2.20. The monoisotopic (exact) mass is 375 g/mol. The summed E-state index contributed by atoms with van der Waals surface area (Å²) >= 11 is 0. The van der Waals surface area contributed by atoms with Crippen LogP contribution in [-0.4, -0.2) is 44.0 Å². The van der Waals surface area contributed by atoms with Crippen molar-refractivity contribution in [3.8, 4) is 0 Å². The van der Waals surface area contributed by atoms with Gasteiger partial charge < -0.3 is 10.6 Å². The second-order valence-corrected chi connectivity index (χ2v) is 6.41. The van der Waals surface area contributed by atoms with Gasteiger partial charge in [0.05, 0.1) is 0 Å². The molecule has 1 aromatic rings. The van der Waals surface area contributed by atoms with Crippen LogP contribution in [0.2, 0.25) is 0 Å². The summed E-state index contributed by atoms with van der Waals surface area (Å²) in [6.07, 6.45) is 2.35. The number of likely N-dealkylation sites (tertiary alicyclic amines) is 1. The zero-order valence-corrected chi connectivity index (χ0v) is 16.3. The van der Waals surface area contributed by atoms with E-state index in [9.17, 15) is 4.79 Å². The lowest BCUT2D eigenvalue weighted by Crippen LogP contribution is -2.40. The Morgan fingerprint density at radius 1 is 1.21 bits per heavy atom. The Morgan fingerprint density at radius 2 is 1.83 bits per heavy atom. The Morgan fingerprint density at radius 3 is 2.42 bits per heavy atom. The second-order valence-electron chi connectivity index (χ2n) is 6.41. The molecule has 0 aromatic heterocycles. The van der Waals surface area contributed by atoms with E-state index in [1.807, 2.05) is 14.0 Å². The zero-order valence-electron chi connectivity index (χ0n) is 14.7. The standard InChI is InChI=1S/C18H29N3O.2ClH/c1-15(12-19-2)18(22)20-13-16-8-10-21(11-9-16)14-17-6-4-3-5-7-17;;/h3-7,15-16,19H,8-14H2,1-2H3,(H,20,22);2*1H. The second kappa shape index (κ2) is 12.5. The number of hydrogen-bond acceptors (Lipinski definition) is 3. The van der Waals surface area contributed by atoms with Gasteiger partial charge in [-0.3, -0.25) is 9.69 Å². The number of rotatable bonds is 7. The van der Waals surface area contributed by atoms with Crippen LogP contribution in [0, 0.1) is 11.8 Å². The highest BCUT2D eigenvalue weighted by atomic mass is 35.5. The Labute approximate surface area is 158 Å². The van der Waals surface area contributed by atoms with Gasteiger partial charge in [-0.25, -0.2) is 0 Å². The van der Waals surface area contributed by atoms with Gasteiger partial charge in [0, 0.05) is 25.6 Å². The Hall–Kier alpha value is -0.810. The molecule has 1 aliphatic heterocycles. The van der Waals surface area contributed by atoms with Crippen LogP contribution in [0.1, 0.15) is 25.3 Å². The van der Waals surface area contributed by atoms with Crippen molar-refractivity contribution in [1.82, 2.24) is 15.5 Å². The van der Waals surface area contributed by atoms with Crippen LogP contribution in [0.4, 0.5) is 0 Å². The molecule has 0 saturated carbocycles. The van der Waals surface area contributed by atoms with Gasteiger partial charge in [0.1, 0.15) is 0 Å². The first-order chi connectivity index (χ1) is 10.7. The molecule has 1 heterocycles. The molecule has 0 radical (unpaired) electrons. The summed E-state index contributed by atoms with van der Waals surface area (Å²) in [5.74, 6) is 0.835. The normalized spacial score (nSPS) is 16.6. The lowest BCUT2D eigenvalue weighted by molar-refractivity contribution is -0.124. The molecule has 1 unspecified atom stereocenters. The number of nitrogens with zero attached hydrogens (tertiary/aromatic N) is 1. The summed E-state index contributed by atoms with van der Waals surface area (Å²) in [6, 6.07) is 10.6. The minimum absolute atomic E-state index is 0. The van der Waals surface area contributed by atoms with Crippen molar-refractivity contribution in [1.29, 1.82) is 0 Å². The number of benzene rings is 1. The predicted molar refractivity (Wildman–Crippen MR) is 105 cm³/mol. The number of carbonyl (C=O) groups excluding carboxylic acids is 1. The fourth-order valence-electron chi connectivity index (χ4n) is 3.01. The first kappa shape index (κ1) is 23.2. The van der Waals surface area contributed by atoms with Gasteiger partial charge in [-0.2, -0.15) is 0 Å². The smallest absolute Gasteiger partial charge is 0.224 e. The molecular weight excluding hydrogens is 345 g/mol. The Bertz CT molecular complexity index is 451. The molecule has 24 heavy (non-hydrogen) atoms. The number of halogens is 2. The topological polar surface area (TPSA) is 44.4 Å². The SMILES string of the molecule is CNCC(C)C(=O)NCC1CCN(Cc2ccccc2)CC1.Cl.Cl. The molecule has 0 bridgehead atoms. The van der Waals surface area contributed by atoms with Crippen LogP contribution < -0.4 is 10.6 Å². The third-order valence-corrected chi connectivity index (χ3v) is 4.48. The first-order valence-electron chi connectivity index (χ1n) is 8.37. The maximum Gasteiger partial charge on any atom is 0.224 e. The summed E-state index contributed by atoms with van der Waals surface area (Å²) in [5, 5.41) is 6.15. The first-order valence-corrected chi connectivity index (χ1v) is 8.37. The molecule has 1 aliphatic rings. The molecule has 1 amide bonds. The number of hydrogen-bond donors (Lipinski definition) is 2. The van der Waals surface area contributed by atoms with Crippen molar-refractivity contribution in [2.45, 2.75) is 26.3 Å². The minimum atomic E-state index is 0. The molecular formula is C18H31Cl2N3O. The van der Waals surface area contributed by atoms with Gasteiger partial charge in [0.25, 0.3) is 0 Å². The van der Waals surface area contributed by atoms with Gasteiger partial charge in [0.2, 0.25) is 5.91 Å². The predicted octanol–water partition coefficient (Wildman–Crippen LogP) is 2.71. The van der Waals surface area contributed by atoms with E-state index >= 15 is 0 Å². The van der Waals surface area contributed by atoms with Crippen LogP contribution in [-0.2, 0) is 11.3 Å². The number of piperidine rings is 1. The fraction of sp³-hybridized carbons (Fsp3) is 0.611. The van der Waals surface area contributed by atoms with Crippen molar-refractivity contribution in [3.63, 3.8) is 0 Å². The summed E-state index contributed by atoms with van der Waals surface area (Å²) in [4.78, 5) is 14.4. The van der Waals surface area contributed by atoms with Crippen LogP contribution in [0.15, 0.2) is 30.3 Å². The van der Waals surface area contributed by atoms with Crippen molar-refractivity contribution >= 4 is 30.7 Å². The highest BCUT2D eigenvalue weighted by Crippen LogP contribution is 2.18. The minimum Gasteiger partial charge on any atom is -0.356 e. The van der Waals surface area contributed by atoms with Crippen LogP contribution in [0.5, 0.6) is 0 Å². The van der Waals surface area contributed by atoms with Gasteiger partial charge in [0.15, 0.2) is 0 Å². The van der Waals surface area contributed by atoms with Crippen LogP contribution in [0.25, 0.3) is 0 Å². The third-order valence-electron chi connectivity index (χ3n) is 4.48. The van der Waals surface area contributed by atoms with E-state index in [1.165, 1.54) is 18.4 Å². The van der Waals surface area contributed by atoms with E-state index < -0.39 is 0 Å². The summed E-state index contributed by atoms with van der Waals surface area (Å²) in [5.41, 5.74) is 1.38. The van der Waals surface area contributed by atoms with Crippen molar-refractivity contribution < 1.29 is 4.79 Å². The molecule has 4 nitrogen and oxygen atoms in total. The summed E-state index contributed by atoms with van der Waals surface area (Å²) < 4.78 is 0. The van der Waals surface area contributed by atoms with E-state index in [-0.39, 0.29) is 36.6 Å². The molecule has 0 spiro atoms. The molecule has 0 aliphatic carbocycles. The van der Waals surface area contributed by atoms with E-state index in [2.05, 4.69) is 45.9 Å². The summed E-state index contributed by atoms with van der Waals surface area (Å²) in [7, 11) is 1.88. The van der Waals surface area contributed by atoms with E-state index in [0.717, 1.165) is 32.7 Å². The largest absolute Gasteiger partial charge is 0.356 e. The molecule has 2 N–H and O–H groups in total. The average molecular weight is 376 g/mol. The Balaban J connectivity index is 0.00000264. The highest BCUT2D eigenvalue weighted by molar-refractivity contribution is 5.85. The maximum absolute atomic E-state index is 11.9. The van der Waals surface area contributed by atoms with Crippen LogP contribution in [0.3, 0.4) is 0 Å². The van der Waals surface area contributed by atoms with E-state index in [1.54, 1.807) is 0 Å². The average Bonchev–Trinajstić information content (AvgIpc) is 2.55. The van der Waals surface area contributed by atoms with Crippen molar-refractivity contribution in [2.24, 2.45) is 11.8 Å². The van der Waals surface area contributed by atoms with E-state index in [0.29, 0.717) is 5.92 Å².